The van der Waals surface area contributed by atoms with Crippen molar-refractivity contribution in [3.05, 3.63) is 62.4 Å². The summed E-state index contributed by atoms with van der Waals surface area (Å²) in [4.78, 5) is 16.7. The van der Waals surface area contributed by atoms with E-state index in [-0.39, 0.29) is 5.69 Å². The van der Waals surface area contributed by atoms with E-state index in [1.165, 1.54) is 11.3 Å². The molecule has 0 bridgehead atoms. The van der Waals surface area contributed by atoms with Gasteiger partial charge in [0.25, 0.3) is 0 Å². The topological polar surface area (TPSA) is 62.2 Å². The highest BCUT2D eigenvalue weighted by atomic mass is 35.5. The number of alkyl halides is 3. The summed E-state index contributed by atoms with van der Waals surface area (Å²) in [5.41, 5.74) is -0.174. The Kier molecular flexibility index (Phi) is 6.83. The van der Waals surface area contributed by atoms with Gasteiger partial charge in [-0.25, -0.2) is 9.78 Å². The van der Waals surface area contributed by atoms with Crippen LogP contribution in [0.3, 0.4) is 0 Å². The fraction of sp³-hybridized carbons (Fsp3) is 0.238. The molecule has 0 atom stereocenters. The van der Waals surface area contributed by atoms with Gasteiger partial charge in [0.15, 0.2) is 5.13 Å². The molecule has 0 aliphatic heterocycles. The van der Waals surface area contributed by atoms with Crippen LogP contribution in [0.25, 0.3) is 11.3 Å². The van der Waals surface area contributed by atoms with Crippen LogP contribution in [0.1, 0.15) is 34.6 Å². The monoisotopic (exact) mass is 488 g/mol. The summed E-state index contributed by atoms with van der Waals surface area (Å²) in [6.07, 6.45) is -3.99. The van der Waals surface area contributed by atoms with E-state index in [4.69, 9.17) is 23.2 Å². The van der Waals surface area contributed by atoms with E-state index in [1.807, 2.05) is 13.8 Å². The molecule has 164 valence electrons. The summed E-state index contributed by atoms with van der Waals surface area (Å²) in [5, 5.41) is 13.1. The number of carboxylic acid groups (broad SMARTS) is 1. The molecule has 4 nitrogen and oxygen atoms in total. The lowest BCUT2D eigenvalue weighted by atomic mass is 10.0. The molecular formula is C21H17Cl2F3N2O2S. The Hall–Kier alpha value is -2.29. The zero-order valence-electron chi connectivity index (χ0n) is 16.3. The highest BCUT2D eigenvalue weighted by molar-refractivity contribution is 7.16. The summed E-state index contributed by atoms with van der Waals surface area (Å²) in [6.45, 7) is 4.08. The zero-order valence-corrected chi connectivity index (χ0v) is 18.7. The van der Waals surface area contributed by atoms with E-state index in [0.717, 1.165) is 22.6 Å². The number of benzene rings is 2. The summed E-state index contributed by atoms with van der Waals surface area (Å²) in [5.74, 6) is -1.15. The number of carboxylic acids is 1. The highest BCUT2D eigenvalue weighted by Gasteiger charge is 2.32. The third-order valence-corrected chi connectivity index (χ3v) is 5.97. The number of aromatic carboxylic acids is 1. The maximum absolute atomic E-state index is 13.2. The van der Waals surface area contributed by atoms with Gasteiger partial charge in [-0.05, 0) is 42.7 Å². The zero-order chi connectivity index (χ0) is 22.9. The Balaban J connectivity index is 2.04. The first-order chi connectivity index (χ1) is 14.4. The first-order valence-corrected chi connectivity index (χ1v) is 10.7. The Morgan fingerprint density at radius 3 is 2.45 bits per heavy atom. The van der Waals surface area contributed by atoms with Gasteiger partial charge in [-0.3, -0.25) is 0 Å². The summed E-state index contributed by atoms with van der Waals surface area (Å²) >= 11 is 13.4. The Morgan fingerprint density at radius 2 is 1.87 bits per heavy atom. The van der Waals surface area contributed by atoms with Gasteiger partial charge in [-0.15, -0.1) is 11.3 Å². The largest absolute Gasteiger partial charge is 0.478 e. The SMILES string of the molecule is CC(C)Cc1sc(Nc2cc(C(=O)O)cc(C(F)(F)F)c2)nc1-c1ccc(Cl)c(Cl)c1. The minimum atomic E-state index is -4.68. The van der Waals surface area contributed by atoms with Crippen molar-refractivity contribution in [2.24, 2.45) is 5.92 Å². The number of rotatable bonds is 6. The molecule has 0 aliphatic carbocycles. The van der Waals surface area contributed by atoms with E-state index < -0.39 is 23.3 Å². The van der Waals surface area contributed by atoms with Crippen molar-refractivity contribution in [3.8, 4) is 11.3 Å². The second-order valence-electron chi connectivity index (χ2n) is 7.24. The molecule has 0 radical (unpaired) electrons. The number of nitrogens with zero attached hydrogens (tertiary/aromatic N) is 1. The number of aromatic nitrogens is 1. The number of carbonyl (C=O) groups is 1. The van der Waals surface area contributed by atoms with Crippen LogP contribution in [0, 0.1) is 5.92 Å². The van der Waals surface area contributed by atoms with Gasteiger partial charge >= 0.3 is 12.1 Å². The van der Waals surface area contributed by atoms with Crippen LogP contribution in [0.15, 0.2) is 36.4 Å². The molecule has 0 saturated carbocycles. The van der Waals surface area contributed by atoms with Crippen molar-refractivity contribution in [1.29, 1.82) is 0 Å². The number of halogens is 5. The van der Waals surface area contributed by atoms with Gasteiger partial charge < -0.3 is 10.4 Å². The maximum Gasteiger partial charge on any atom is 0.416 e. The van der Waals surface area contributed by atoms with Crippen molar-refractivity contribution in [2.75, 3.05) is 5.32 Å². The van der Waals surface area contributed by atoms with Crippen LogP contribution in [0.4, 0.5) is 24.0 Å². The number of thiazole rings is 1. The van der Waals surface area contributed by atoms with Crippen molar-refractivity contribution < 1.29 is 23.1 Å². The number of nitrogens with one attached hydrogen (secondary N) is 1. The maximum atomic E-state index is 13.2. The van der Waals surface area contributed by atoms with Gasteiger partial charge in [-0.1, -0.05) is 43.1 Å². The van der Waals surface area contributed by atoms with E-state index in [2.05, 4.69) is 10.3 Å². The predicted molar refractivity (Wildman–Crippen MR) is 118 cm³/mol. The minimum Gasteiger partial charge on any atom is -0.478 e. The minimum absolute atomic E-state index is 0.0160. The van der Waals surface area contributed by atoms with Crippen molar-refractivity contribution in [3.63, 3.8) is 0 Å². The van der Waals surface area contributed by atoms with Crippen molar-refractivity contribution in [1.82, 2.24) is 4.98 Å². The molecule has 0 amide bonds. The van der Waals surface area contributed by atoms with Crippen molar-refractivity contribution in [2.45, 2.75) is 26.4 Å². The van der Waals surface area contributed by atoms with Crippen LogP contribution in [-0.4, -0.2) is 16.1 Å². The van der Waals surface area contributed by atoms with Gasteiger partial charge in [0.05, 0.1) is 26.9 Å². The number of hydrogen-bond donors (Lipinski definition) is 2. The van der Waals surface area contributed by atoms with Crippen LogP contribution in [0.2, 0.25) is 10.0 Å². The molecule has 1 aromatic heterocycles. The van der Waals surface area contributed by atoms with Crippen LogP contribution >= 0.6 is 34.5 Å². The molecule has 0 unspecified atom stereocenters. The van der Waals surface area contributed by atoms with Gasteiger partial charge in [0.1, 0.15) is 0 Å². The van der Waals surface area contributed by atoms with Gasteiger partial charge in [-0.2, -0.15) is 13.2 Å². The molecule has 0 fully saturated rings. The third-order valence-electron chi connectivity index (χ3n) is 4.24. The predicted octanol–water partition coefficient (Wildman–Crippen LogP) is 7.78. The second kappa shape index (κ2) is 9.06. The Labute approximate surface area is 190 Å². The molecular weight excluding hydrogens is 472 g/mol. The third kappa shape index (κ3) is 5.70. The molecule has 1 heterocycles. The first-order valence-electron chi connectivity index (χ1n) is 9.11. The van der Waals surface area contributed by atoms with Crippen LogP contribution in [-0.2, 0) is 12.6 Å². The summed E-state index contributed by atoms with van der Waals surface area (Å²) < 4.78 is 39.6. The van der Waals surface area contributed by atoms with E-state index in [1.54, 1.807) is 18.2 Å². The van der Waals surface area contributed by atoms with E-state index >= 15 is 0 Å². The first kappa shape index (κ1) is 23.4. The summed E-state index contributed by atoms with van der Waals surface area (Å²) in [6, 6.07) is 7.69. The van der Waals surface area contributed by atoms with Gasteiger partial charge in [0, 0.05) is 16.1 Å². The molecule has 2 N–H and O–H groups in total. The highest BCUT2D eigenvalue weighted by Crippen LogP contribution is 2.38. The quantitative estimate of drug-likeness (QED) is 0.371. The van der Waals surface area contributed by atoms with Crippen molar-refractivity contribution >= 4 is 51.3 Å². The second-order valence-corrected chi connectivity index (χ2v) is 9.14. The standard InChI is InChI=1S/C21H17Cl2F3N2O2S/c1-10(2)5-17-18(11-3-4-15(22)16(23)8-11)28-20(31-17)27-14-7-12(19(29)30)6-13(9-14)21(24,25)26/h3-4,6-10H,5H2,1-2H3,(H,27,28)(H,29,30). The molecule has 31 heavy (non-hydrogen) atoms. The van der Waals surface area contributed by atoms with E-state index in [9.17, 15) is 23.1 Å². The average Bonchev–Trinajstić information content (AvgIpc) is 3.04. The molecule has 3 rings (SSSR count). The fourth-order valence-corrected chi connectivity index (χ4v) is 4.41. The average molecular weight is 489 g/mol. The fourth-order valence-electron chi connectivity index (χ4n) is 2.89. The van der Waals surface area contributed by atoms with Crippen LogP contribution in [0.5, 0.6) is 0 Å². The molecule has 10 heteroatoms. The van der Waals surface area contributed by atoms with E-state index in [0.29, 0.717) is 39.3 Å². The normalized spacial score (nSPS) is 11.7. The lowest BCUT2D eigenvalue weighted by Crippen LogP contribution is -2.08. The van der Waals surface area contributed by atoms with Gasteiger partial charge in [0.2, 0.25) is 0 Å². The molecule has 0 spiro atoms. The Morgan fingerprint density at radius 1 is 1.16 bits per heavy atom. The molecule has 0 aliphatic rings. The smallest absolute Gasteiger partial charge is 0.416 e. The molecule has 2 aromatic carbocycles. The number of hydrogen-bond acceptors (Lipinski definition) is 4. The Bertz CT molecular complexity index is 1130. The lowest BCUT2D eigenvalue weighted by Gasteiger charge is -2.11. The lowest BCUT2D eigenvalue weighted by molar-refractivity contribution is -0.137. The molecule has 3 aromatic rings. The number of anilines is 2. The summed E-state index contributed by atoms with van der Waals surface area (Å²) in [7, 11) is 0. The molecule has 0 saturated heterocycles. The van der Waals surface area contributed by atoms with Crippen LogP contribution < -0.4 is 5.32 Å².